The zero-order chi connectivity index (χ0) is 17.1. The second-order valence-corrected chi connectivity index (χ2v) is 5.89. The number of imide groups is 1. The quantitative estimate of drug-likeness (QED) is 0.785. The van der Waals surface area contributed by atoms with Crippen LogP contribution in [0, 0.1) is 0 Å². The van der Waals surface area contributed by atoms with Gasteiger partial charge in [-0.15, -0.1) is 0 Å². The summed E-state index contributed by atoms with van der Waals surface area (Å²) in [5.41, 5.74) is 0.412. The van der Waals surface area contributed by atoms with E-state index in [0.717, 1.165) is 25.7 Å². The molecule has 24 heavy (non-hydrogen) atoms. The predicted octanol–water partition coefficient (Wildman–Crippen LogP) is 1.53. The summed E-state index contributed by atoms with van der Waals surface area (Å²) in [7, 11) is 0. The molecule has 1 aromatic rings. The van der Waals surface area contributed by atoms with Crippen molar-refractivity contribution in [2.75, 3.05) is 13.1 Å². The number of hydrogen-bond acceptors (Lipinski definition) is 5. The Morgan fingerprint density at radius 3 is 2.25 bits per heavy atom. The first-order valence-corrected chi connectivity index (χ1v) is 8.04. The van der Waals surface area contributed by atoms with E-state index in [1.165, 1.54) is 17.0 Å². The first-order valence-electron chi connectivity index (χ1n) is 8.04. The Kier molecular flexibility index (Phi) is 4.59. The maximum absolute atomic E-state index is 12.1. The maximum Gasteiger partial charge on any atom is 0.352 e. The Hall–Kier alpha value is -2.70. The van der Waals surface area contributed by atoms with Crippen LogP contribution in [0.15, 0.2) is 24.3 Å². The summed E-state index contributed by atoms with van der Waals surface area (Å²) in [6.07, 6.45) is 4.06. The van der Waals surface area contributed by atoms with E-state index in [2.05, 4.69) is 0 Å². The van der Waals surface area contributed by atoms with Crippen molar-refractivity contribution in [2.45, 2.75) is 32.1 Å². The number of nitrogens with zero attached hydrogens (tertiary/aromatic N) is 2. The van der Waals surface area contributed by atoms with Crippen LogP contribution in [-0.4, -0.2) is 46.7 Å². The predicted molar refractivity (Wildman–Crippen MR) is 82.7 cm³/mol. The molecule has 0 spiro atoms. The second kappa shape index (κ2) is 6.82. The van der Waals surface area contributed by atoms with E-state index in [4.69, 9.17) is 4.84 Å². The molecule has 7 heteroatoms. The number of hydroxylamine groups is 2. The van der Waals surface area contributed by atoms with Gasteiger partial charge in [-0.25, -0.2) is 4.79 Å². The van der Waals surface area contributed by atoms with Crippen LogP contribution in [0.25, 0.3) is 0 Å². The molecule has 3 rings (SSSR count). The van der Waals surface area contributed by atoms with Gasteiger partial charge in [-0.3, -0.25) is 14.4 Å². The molecule has 0 saturated carbocycles. The van der Waals surface area contributed by atoms with Crippen molar-refractivity contribution in [1.82, 2.24) is 9.96 Å². The van der Waals surface area contributed by atoms with Gasteiger partial charge < -0.3 is 9.74 Å². The van der Waals surface area contributed by atoms with Gasteiger partial charge in [-0.1, -0.05) is 30.0 Å². The SMILES string of the molecule is O=C(CN1CCCCCCC1=O)ON1C(=O)c2ccccc2C1=O. The highest BCUT2D eigenvalue weighted by molar-refractivity contribution is 6.20. The molecule has 0 aromatic heterocycles. The van der Waals surface area contributed by atoms with E-state index >= 15 is 0 Å². The molecule has 0 bridgehead atoms. The van der Waals surface area contributed by atoms with Gasteiger partial charge in [-0.2, -0.15) is 0 Å². The molecule has 0 atom stereocenters. The van der Waals surface area contributed by atoms with E-state index in [0.29, 0.717) is 18.0 Å². The summed E-state index contributed by atoms with van der Waals surface area (Å²) in [6, 6.07) is 6.28. The number of benzene rings is 1. The van der Waals surface area contributed by atoms with Crippen molar-refractivity contribution in [3.63, 3.8) is 0 Å². The van der Waals surface area contributed by atoms with Crippen LogP contribution in [0.4, 0.5) is 0 Å². The van der Waals surface area contributed by atoms with Crippen LogP contribution in [0.3, 0.4) is 0 Å². The van der Waals surface area contributed by atoms with Crippen molar-refractivity contribution >= 4 is 23.7 Å². The molecule has 2 aliphatic heterocycles. The number of hydrogen-bond donors (Lipinski definition) is 0. The van der Waals surface area contributed by atoms with Crippen LogP contribution in [0.5, 0.6) is 0 Å². The van der Waals surface area contributed by atoms with Crippen LogP contribution < -0.4 is 0 Å². The van der Waals surface area contributed by atoms with Gasteiger partial charge in [0.25, 0.3) is 11.8 Å². The summed E-state index contributed by atoms with van der Waals surface area (Å²) in [5.74, 6) is -2.22. The Balaban J connectivity index is 1.64. The standard InChI is InChI=1S/C17H18N2O5/c20-14-9-3-1-2-6-10-18(14)11-15(21)24-19-16(22)12-7-4-5-8-13(12)17(19)23/h4-5,7-8H,1-3,6,9-11H2. The van der Waals surface area contributed by atoms with Crippen molar-refractivity contribution < 1.29 is 24.0 Å². The first-order chi connectivity index (χ1) is 11.6. The molecule has 0 radical (unpaired) electrons. The molecule has 3 amide bonds. The van der Waals surface area contributed by atoms with Crippen molar-refractivity contribution in [3.05, 3.63) is 35.4 Å². The lowest BCUT2D eigenvalue weighted by atomic mass is 10.1. The lowest BCUT2D eigenvalue weighted by Gasteiger charge is -2.24. The summed E-state index contributed by atoms with van der Waals surface area (Å²) in [6.45, 7) is 0.224. The monoisotopic (exact) mass is 330 g/mol. The van der Waals surface area contributed by atoms with E-state index in [1.54, 1.807) is 12.1 Å². The fourth-order valence-electron chi connectivity index (χ4n) is 2.92. The van der Waals surface area contributed by atoms with E-state index < -0.39 is 17.8 Å². The second-order valence-electron chi connectivity index (χ2n) is 5.89. The Labute approximate surface area is 139 Å². The highest BCUT2D eigenvalue weighted by Gasteiger charge is 2.38. The van der Waals surface area contributed by atoms with Crippen molar-refractivity contribution in [1.29, 1.82) is 0 Å². The number of fused-ring (bicyclic) bond motifs is 1. The lowest BCUT2D eigenvalue weighted by molar-refractivity contribution is -0.171. The van der Waals surface area contributed by atoms with Crippen molar-refractivity contribution in [3.8, 4) is 0 Å². The normalized spacial score (nSPS) is 18.2. The largest absolute Gasteiger partial charge is 0.352 e. The zero-order valence-electron chi connectivity index (χ0n) is 13.2. The fraction of sp³-hybridized carbons (Fsp3) is 0.412. The molecule has 0 N–H and O–H groups in total. The smallest absolute Gasteiger partial charge is 0.331 e. The van der Waals surface area contributed by atoms with Crippen LogP contribution in [0.2, 0.25) is 0 Å². The fourth-order valence-corrected chi connectivity index (χ4v) is 2.92. The average molecular weight is 330 g/mol. The molecule has 7 nitrogen and oxygen atoms in total. The number of likely N-dealkylation sites (tertiary alicyclic amines) is 1. The van der Waals surface area contributed by atoms with Crippen LogP contribution >= 0.6 is 0 Å². The van der Waals surface area contributed by atoms with Gasteiger partial charge in [-0.05, 0) is 25.0 Å². The molecule has 2 aliphatic rings. The summed E-state index contributed by atoms with van der Waals surface area (Å²) >= 11 is 0. The van der Waals surface area contributed by atoms with Crippen LogP contribution in [-0.2, 0) is 14.4 Å². The average Bonchev–Trinajstić information content (AvgIpc) is 2.80. The minimum absolute atomic E-state index is 0.103. The molecule has 1 fully saturated rings. The number of carbonyl (C=O) groups excluding carboxylic acids is 4. The van der Waals surface area contributed by atoms with E-state index in [9.17, 15) is 19.2 Å². The third-order valence-corrected chi connectivity index (χ3v) is 4.19. The molecular formula is C17H18N2O5. The summed E-state index contributed by atoms with van der Waals surface area (Å²) < 4.78 is 0. The highest BCUT2D eigenvalue weighted by Crippen LogP contribution is 2.22. The lowest BCUT2D eigenvalue weighted by Crippen LogP contribution is -2.41. The Morgan fingerprint density at radius 1 is 0.958 bits per heavy atom. The molecular weight excluding hydrogens is 312 g/mol. The number of carbonyl (C=O) groups is 4. The van der Waals surface area contributed by atoms with Gasteiger partial charge in [0.2, 0.25) is 5.91 Å². The third-order valence-electron chi connectivity index (χ3n) is 4.19. The minimum Gasteiger partial charge on any atom is -0.331 e. The summed E-state index contributed by atoms with van der Waals surface area (Å²) in [5, 5.41) is 0.474. The van der Waals surface area contributed by atoms with Gasteiger partial charge in [0.05, 0.1) is 11.1 Å². The molecule has 0 aliphatic carbocycles. The van der Waals surface area contributed by atoms with Gasteiger partial charge in [0.15, 0.2) is 0 Å². The molecule has 1 saturated heterocycles. The third kappa shape index (κ3) is 3.15. The van der Waals surface area contributed by atoms with Gasteiger partial charge in [0.1, 0.15) is 6.54 Å². The first kappa shape index (κ1) is 16.2. The zero-order valence-corrected chi connectivity index (χ0v) is 13.2. The minimum atomic E-state index is -0.793. The Morgan fingerprint density at radius 2 is 1.58 bits per heavy atom. The van der Waals surface area contributed by atoms with Gasteiger partial charge >= 0.3 is 5.97 Å². The number of rotatable bonds is 3. The Bertz CT molecular complexity index is 665. The van der Waals surface area contributed by atoms with E-state index in [-0.39, 0.29) is 23.6 Å². The van der Waals surface area contributed by atoms with E-state index in [1.807, 2.05) is 0 Å². The molecule has 2 heterocycles. The number of amides is 3. The van der Waals surface area contributed by atoms with Crippen LogP contribution in [0.1, 0.15) is 52.8 Å². The topological polar surface area (TPSA) is 84.0 Å². The molecule has 126 valence electrons. The summed E-state index contributed by atoms with van der Waals surface area (Å²) in [4.78, 5) is 54.8. The van der Waals surface area contributed by atoms with Crippen molar-refractivity contribution in [2.24, 2.45) is 0 Å². The molecule has 0 unspecified atom stereocenters. The maximum atomic E-state index is 12.1. The molecule has 1 aromatic carbocycles. The highest BCUT2D eigenvalue weighted by atomic mass is 16.7. The van der Waals surface area contributed by atoms with Gasteiger partial charge in [0, 0.05) is 13.0 Å².